The van der Waals surface area contributed by atoms with Crippen molar-refractivity contribution >= 4 is 23.1 Å². The number of H-pyrrole nitrogens is 1. The number of thiophene rings is 1. The summed E-state index contributed by atoms with van der Waals surface area (Å²) in [6.07, 6.45) is 0.883. The zero-order valence-corrected chi connectivity index (χ0v) is 12.6. The van der Waals surface area contributed by atoms with Crippen molar-refractivity contribution < 1.29 is 0 Å². The lowest BCUT2D eigenvalue weighted by molar-refractivity contribution is 0.622. The molecule has 0 saturated heterocycles. The molecular formula is C12H18N4OS2. The zero-order valence-electron chi connectivity index (χ0n) is 11.0. The van der Waals surface area contributed by atoms with Gasteiger partial charge in [0.15, 0.2) is 5.16 Å². The Labute approximate surface area is 120 Å². The Bertz CT molecular complexity index is 561. The largest absolute Gasteiger partial charge is 0.343 e. The van der Waals surface area contributed by atoms with Gasteiger partial charge in [-0.25, -0.2) is 9.89 Å². The maximum absolute atomic E-state index is 11.6. The average molecular weight is 298 g/mol. The van der Waals surface area contributed by atoms with Crippen molar-refractivity contribution in [3.8, 4) is 0 Å². The Morgan fingerprint density at radius 3 is 2.95 bits per heavy atom. The van der Waals surface area contributed by atoms with Gasteiger partial charge in [0.05, 0.1) is 5.25 Å². The van der Waals surface area contributed by atoms with E-state index in [0.29, 0.717) is 11.7 Å². The molecule has 7 heteroatoms. The minimum atomic E-state index is -0.167. The second-order valence-corrected chi connectivity index (χ2v) is 6.11. The summed E-state index contributed by atoms with van der Waals surface area (Å²) in [6, 6.07) is 2.12. The molecule has 19 heavy (non-hydrogen) atoms. The molecule has 0 radical (unpaired) electrons. The number of hydrogen-bond donors (Lipinski definition) is 2. The summed E-state index contributed by atoms with van der Waals surface area (Å²) >= 11 is 3.21. The number of nitrogens with two attached hydrogens (primary N) is 1. The summed E-state index contributed by atoms with van der Waals surface area (Å²) in [4.78, 5) is 11.6. The van der Waals surface area contributed by atoms with Gasteiger partial charge in [0, 0.05) is 12.6 Å². The van der Waals surface area contributed by atoms with Gasteiger partial charge in [0.25, 0.3) is 0 Å². The van der Waals surface area contributed by atoms with E-state index in [9.17, 15) is 4.79 Å². The van der Waals surface area contributed by atoms with E-state index in [0.717, 1.165) is 6.42 Å². The lowest BCUT2D eigenvalue weighted by Gasteiger charge is -2.21. The fourth-order valence-electron chi connectivity index (χ4n) is 1.84. The fraction of sp³-hybridized carbons (Fsp3) is 0.500. The first-order valence-electron chi connectivity index (χ1n) is 6.26. The molecule has 5 nitrogen and oxygen atoms in total. The van der Waals surface area contributed by atoms with Crippen LogP contribution in [0.3, 0.4) is 0 Å². The van der Waals surface area contributed by atoms with Crippen molar-refractivity contribution in [1.82, 2.24) is 14.8 Å². The highest BCUT2D eigenvalue weighted by Crippen LogP contribution is 2.37. The Balaban J connectivity index is 2.28. The smallest absolute Gasteiger partial charge is 0.326 e. The van der Waals surface area contributed by atoms with Crippen LogP contribution < -0.4 is 11.4 Å². The number of aromatic amines is 1. The summed E-state index contributed by atoms with van der Waals surface area (Å²) < 4.78 is 1.63. The first-order chi connectivity index (χ1) is 9.17. The predicted molar refractivity (Wildman–Crippen MR) is 79.7 cm³/mol. The third-order valence-electron chi connectivity index (χ3n) is 3.00. The van der Waals surface area contributed by atoms with Crippen LogP contribution in [0.4, 0.5) is 0 Å². The molecule has 0 aliphatic rings. The monoisotopic (exact) mass is 298 g/mol. The van der Waals surface area contributed by atoms with Gasteiger partial charge in [-0.05, 0) is 35.7 Å². The highest BCUT2D eigenvalue weighted by molar-refractivity contribution is 7.99. The molecule has 0 aliphatic heterocycles. The molecule has 2 rings (SSSR count). The molecule has 2 atom stereocenters. The van der Waals surface area contributed by atoms with Crippen molar-refractivity contribution in [2.24, 2.45) is 5.73 Å². The van der Waals surface area contributed by atoms with Gasteiger partial charge in [-0.1, -0.05) is 18.7 Å². The molecule has 2 heterocycles. The van der Waals surface area contributed by atoms with Crippen LogP contribution in [-0.4, -0.2) is 20.8 Å². The molecule has 3 N–H and O–H groups in total. The number of aromatic nitrogens is 3. The van der Waals surface area contributed by atoms with E-state index in [1.54, 1.807) is 27.7 Å². The van der Waals surface area contributed by atoms with Crippen molar-refractivity contribution in [2.75, 3.05) is 0 Å². The van der Waals surface area contributed by atoms with Crippen LogP contribution >= 0.6 is 23.1 Å². The van der Waals surface area contributed by atoms with E-state index in [1.165, 1.54) is 5.56 Å². The third-order valence-corrected chi connectivity index (χ3v) is 5.10. The number of nitrogens with one attached hydrogen (secondary N) is 1. The van der Waals surface area contributed by atoms with Gasteiger partial charge in [-0.2, -0.15) is 11.3 Å². The topological polar surface area (TPSA) is 76.7 Å². The average Bonchev–Trinajstić information content (AvgIpc) is 3.04. The molecule has 0 spiro atoms. The van der Waals surface area contributed by atoms with Gasteiger partial charge in [-0.3, -0.25) is 4.57 Å². The Morgan fingerprint density at radius 1 is 1.58 bits per heavy atom. The number of nitrogens with zero attached hydrogens (tertiary/aromatic N) is 2. The van der Waals surface area contributed by atoms with Gasteiger partial charge >= 0.3 is 5.69 Å². The van der Waals surface area contributed by atoms with Crippen LogP contribution in [-0.2, 0) is 6.54 Å². The minimum absolute atomic E-state index is 0.0386. The highest BCUT2D eigenvalue weighted by Gasteiger charge is 2.23. The van der Waals surface area contributed by atoms with Crippen molar-refractivity contribution in [3.05, 3.63) is 32.9 Å². The van der Waals surface area contributed by atoms with Gasteiger partial charge in [-0.15, -0.1) is 5.10 Å². The maximum atomic E-state index is 11.6. The molecule has 2 unspecified atom stereocenters. The van der Waals surface area contributed by atoms with Crippen LogP contribution in [0.15, 0.2) is 26.8 Å². The maximum Gasteiger partial charge on any atom is 0.343 e. The first-order valence-corrected chi connectivity index (χ1v) is 8.09. The van der Waals surface area contributed by atoms with Gasteiger partial charge < -0.3 is 5.73 Å². The molecule has 0 saturated carbocycles. The summed E-state index contributed by atoms with van der Waals surface area (Å²) in [6.45, 7) is 4.61. The molecule has 0 fully saturated rings. The number of thioether (sulfide) groups is 1. The Morgan fingerprint density at radius 2 is 2.37 bits per heavy atom. The normalized spacial score (nSPS) is 14.5. The quantitative estimate of drug-likeness (QED) is 0.802. The molecule has 0 aromatic carbocycles. The summed E-state index contributed by atoms with van der Waals surface area (Å²) in [5, 5.41) is 11.6. The lowest BCUT2D eigenvalue weighted by atomic mass is 10.1. The third kappa shape index (κ3) is 3.10. The first kappa shape index (κ1) is 14.4. The van der Waals surface area contributed by atoms with Crippen molar-refractivity contribution in [2.45, 2.75) is 43.3 Å². The predicted octanol–water partition coefficient (Wildman–Crippen LogP) is 2.22. The van der Waals surface area contributed by atoms with Gasteiger partial charge in [0.2, 0.25) is 0 Å². The molecule has 2 aromatic rings. The second-order valence-electron chi connectivity index (χ2n) is 4.22. The van der Waals surface area contributed by atoms with E-state index in [1.807, 2.05) is 12.3 Å². The van der Waals surface area contributed by atoms with Crippen molar-refractivity contribution in [3.63, 3.8) is 0 Å². The van der Waals surface area contributed by atoms with Crippen LogP contribution in [0.25, 0.3) is 0 Å². The standard InChI is InChI=1S/C12H18N4OS2/c1-3-9(13)10(8-5-6-18-7-8)19-12-15-14-11(17)16(12)4-2/h5-7,9-10H,3-4,13H2,1-2H3,(H,14,17). The lowest BCUT2D eigenvalue weighted by Crippen LogP contribution is -2.26. The summed E-state index contributed by atoms with van der Waals surface area (Å²) in [7, 11) is 0. The molecular weight excluding hydrogens is 280 g/mol. The Kier molecular flexibility index (Phi) is 4.84. The summed E-state index contributed by atoms with van der Waals surface area (Å²) in [5.41, 5.74) is 7.24. The SMILES string of the molecule is CCC(N)C(Sc1n[nH]c(=O)n1CC)c1ccsc1. The molecule has 0 amide bonds. The van der Waals surface area contributed by atoms with E-state index in [2.05, 4.69) is 28.6 Å². The summed E-state index contributed by atoms with van der Waals surface area (Å²) in [5.74, 6) is 0. The number of hydrogen-bond acceptors (Lipinski definition) is 5. The van der Waals surface area contributed by atoms with Crippen LogP contribution in [0.1, 0.15) is 31.1 Å². The molecule has 104 valence electrons. The van der Waals surface area contributed by atoms with Crippen LogP contribution in [0, 0.1) is 0 Å². The van der Waals surface area contributed by atoms with Crippen LogP contribution in [0.2, 0.25) is 0 Å². The van der Waals surface area contributed by atoms with E-state index in [4.69, 9.17) is 5.73 Å². The van der Waals surface area contributed by atoms with Crippen molar-refractivity contribution in [1.29, 1.82) is 0 Å². The second kappa shape index (κ2) is 6.40. The van der Waals surface area contributed by atoms with Gasteiger partial charge in [0.1, 0.15) is 0 Å². The molecule has 2 aromatic heterocycles. The Hall–Kier alpha value is -1.05. The molecule has 0 bridgehead atoms. The van der Waals surface area contributed by atoms with E-state index >= 15 is 0 Å². The van der Waals surface area contributed by atoms with Crippen LogP contribution in [0.5, 0.6) is 0 Å². The zero-order chi connectivity index (χ0) is 13.8. The molecule has 0 aliphatic carbocycles. The van der Waals surface area contributed by atoms with E-state index < -0.39 is 0 Å². The highest BCUT2D eigenvalue weighted by atomic mass is 32.2. The number of rotatable bonds is 6. The minimum Gasteiger partial charge on any atom is -0.326 e. The van der Waals surface area contributed by atoms with E-state index in [-0.39, 0.29) is 17.0 Å². The fourth-order valence-corrected chi connectivity index (χ4v) is 3.94.